The van der Waals surface area contributed by atoms with E-state index < -0.39 is 20.8 Å². The number of rotatable bonds is 7. The molecule has 0 saturated heterocycles. The summed E-state index contributed by atoms with van der Waals surface area (Å²) in [7, 11) is -2.34. The van der Waals surface area contributed by atoms with Gasteiger partial charge in [0.25, 0.3) is 5.91 Å². The first kappa shape index (κ1) is 29.3. The van der Waals surface area contributed by atoms with E-state index in [2.05, 4.69) is 20.3 Å². The van der Waals surface area contributed by atoms with Gasteiger partial charge in [0.05, 0.1) is 45.4 Å². The monoisotopic (exact) mass is 627 g/mol. The Morgan fingerprint density at radius 2 is 1.70 bits per heavy atom. The van der Waals surface area contributed by atoms with Gasteiger partial charge >= 0.3 is 0 Å². The number of amides is 1. The van der Waals surface area contributed by atoms with Gasteiger partial charge in [-0.25, -0.2) is 18.4 Å². The first-order chi connectivity index (χ1) is 20.9. The third-order valence-corrected chi connectivity index (χ3v) is 9.34. The number of aryl methyl sites for hydroxylation is 1. The van der Waals surface area contributed by atoms with Gasteiger partial charge in [0.15, 0.2) is 0 Å². The Morgan fingerprint density at radius 1 is 1.00 bits per heavy atom. The molecule has 10 nitrogen and oxygen atoms in total. The summed E-state index contributed by atoms with van der Waals surface area (Å²) in [5, 5.41) is 4.20. The number of aromatic nitrogens is 3. The zero-order chi connectivity index (χ0) is 31.3. The molecule has 6 rings (SSSR count). The van der Waals surface area contributed by atoms with Crippen LogP contribution in [0.5, 0.6) is 0 Å². The Morgan fingerprint density at radius 3 is 2.36 bits per heavy atom. The molecule has 224 valence electrons. The van der Waals surface area contributed by atoms with Gasteiger partial charge in [-0.15, -0.1) is 0 Å². The van der Waals surface area contributed by atoms with Gasteiger partial charge in [0, 0.05) is 53.8 Å². The molecular formula is C32H29N5O5S2. The molecule has 0 fully saturated rings. The number of furan rings is 1. The van der Waals surface area contributed by atoms with Crippen LogP contribution >= 0.6 is 0 Å². The third kappa shape index (κ3) is 5.26. The molecule has 1 unspecified atom stereocenters. The Kier molecular flexibility index (Phi) is 7.34. The normalized spacial score (nSPS) is 12.5. The third-order valence-electron chi connectivity index (χ3n) is 7.46. The van der Waals surface area contributed by atoms with Crippen molar-refractivity contribution in [2.24, 2.45) is 0 Å². The highest BCUT2D eigenvalue weighted by atomic mass is 32.2. The lowest BCUT2D eigenvalue weighted by Crippen LogP contribution is -2.25. The maximum absolute atomic E-state index is 13.3. The second-order valence-corrected chi connectivity index (χ2v) is 13.8. The summed E-state index contributed by atoms with van der Waals surface area (Å²) in [5.41, 5.74) is 5.38. The molecule has 0 aliphatic rings. The quantitative estimate of drug-likeness (QED) is 0.223. The predicted octanol–water partition coefficient (Wildman–Crippen LogP) is 5.51. The Balaban J connectivity index is 1.67. The number of para-hydroxylation sites is 1. The molecule has 0 radical (unpaired) electrons. The lowest BCUT2D eigenvalue weighted by atomic mass is 10.00. The van der Waals surface area contributed by atoms with Crippen LogP contribution in [-0.4, -0.2) is 60.1 Å². The molecule has 1 amide bonds. The lowest BCUT2D eigenvalue weighted by Gasteiger charge is -2.20. The summed E-state index contributed by atoms with van der Waals surface area (Å²) in [6, 6.07) is 22.3. The van der Waals surface area contributed by atoms with Crippen molar-refractivity contribution in [3.63, 3.8) is 0 Å². The molecule has 44 heavy (non-hydrogen) atoms. The molecule has 0 aliphatic heterocycles. The molecule has 0 saturated carbocycles. The van der Waals surface area contributed by atoms with Crippen LogP contribution in [0.15, 0.2) is 82.4 Å². The van der Waals surface area contributed by atoms with Gasteiger partial charge < -0.3 is 14.7 Å². The number of aromatic amines is 1. The van der Waals surface area contributed by atoms with E-state index in [-0.39, 0.29) is 16.8 Å². The zero-order valence-electron chi connectivity index (χ0n) is 24.6. The molecule has 0 bridgehead atoms. The summed E-state index contributed by atoms with van der Waals surface area (Å²) in [4.78, 5) is 25.8. The van der Waals surface area contributed by atoms with Gasteiger partial charge in [-0.2, -0.15) is 0 Å². The maximum Gasteiger partial charge on any atom is 0.255 e. The highest BCUT2D eigenvalue weighted by molar-refractivity contribution is 7.92. The molecule has 1 atom stereocenters. The van der Waals surface area contributed by atoms with E-state index in [4.69, 9.17) is 4.42 Å². The number of nitrogens with zero attached hydrogens (tertiary/aromatic N) is 3. The van der Waals surface area contributed by atoms with E-state index in [1.165, 1.54) is 20.4 Å². The van der Waals surface area contributed by atoms with Crippen LogP contribution < -0.4 is 9.62 Å². The number of fused-ring (bicyclic) bond motifs is 2. The maximum atomic E-state index is 13.3. The molecule has 12 heteroatoms. The van der Waals surface area contributed by atoms with Crippen molar-refractivity contribution >= 4 is 54.3 Å². The fourth-order valence-electron chi connectivity index (χ4n) is 5.08. The second kappa shape index (κ2) is 11.0. The molecule has 2 N–H and O–H groups in total. The largest absolute Gasteiger partial charge is 0.455 e. The fourth-order valence-corrected chi connectivity index (χ4v) is 6.04. The summed E-state index contributed by atoms with van der Waals surface area (Å²) in [6.45, 7) is 1.96. The number of benzene rings is 3. The molecule has 3 aromatic heterocycles. The Hall–Kier alpha value is -4.81. The summed E-state index contributed by atoms with van der Waals surface area (Å²) >= 11 is 0. The number of nitrogens with one attached hydrogen (secondary N) is 2. The second-order valence-electron chi connectivity index (χ2n) is 10.5. The minimum atomic E-state index is -3.74. The SMILES string of the molecule is CNC(=O)c1c(-c2ccc(C)cc2)oc2cc(N(C)S(C)(=O)=O)c(-c3cc(-c4cc5ccccc5[nH]4)nc(S(C)=O)n3)cc12. The summed E-state index contributed by atoms with van der Waals surface area (Å²) in [5.74, 6) is -0.0208. The number of carbonyl (C=O) groups excluding carboxylic acids is 1. The highest BCUT2D eigenvalue weighted by Crippen LogP contribution is 2.41. The van der Waals surface area contributed by atoms with E-state index >= 15 is 0 Å². The Bertz CT molecular complexity index is 2190. The standard InChI is InChI=1S/C32H29N5O5S2/c1-18-10-12-19(13-11-18)30-29(31(38)33-2)22-15-21(27(17-28(22)42-30)37(3)44(5,40)41)24-16-26(36-32(35-24)43(4)39)25-14-20-8-6-7-9-23(20)34-25/h6-17,34H,1-5H3,(H,33,38). The number of carbonyl (C=O) groups is 1. The van der Waals surface area contributed by atoms with E-state index in [0.717, 1.165) is 27.0 Å². The number of hydrogen-bond acceptors (Lipinski definition) is 7. The van der Waals surface area contributed by atoms with E-state index in [9.17, 15) is 17.4 Å². The van der Waals surface area contributed by atoms with Gasteiger partial charge in [0.2, 0.25) is 15.2 Å². The van der Waals surface area contributed by atoms with Gasteiger partial charge in [-0.3, -0.25) is 13.3 Å². The van der Waals surface area contributed by atoms with E-state index in [1.807, 2.05) is 61.5 Å². The number of anilines is 1. The van der Waals surface area contributed by atoms with Gasteiger partial charge in [-0.1, -0.05) is 48.0 Å². The van der Waals surface area contributed by atoms with Gasteiger partial charge in [0.1, 0.15) is 11.3 Å². The first-order valence-electron chi connectivity index (χ1n) is 13.6. The lowest BCUT2D eigenvalue weighted by molar-refractivity contribution is 0.0964. The van der Waals surface area contributed by atoms with Crippen LogP contribution in [0.4, 0.5) is 5.69 Å². The molecule has 0 spiro atoms. The molecular weight excluding hydrogens is 599 g/mol. The van der Waals surface area contributed by atoms with Crippen LogP contribution in [0.2, 0.25) is 0 Å². The minimum absolute atomic E-state index is 0.0725. The predicted molar refractivity (Wildman–Crippen MR) is 174 cm³/mol. The smallest absolute Gasteiger partial charge is 0.255 e. The van der Waals surface area contributed by atoms with Gasteiger partial charge in [-0.05, 0) is 31.2 Å². The molecule has 3 aromatic carbocycles. The summed E-state index contributed by atoms with van der Waals surface area (Å²) in [6.07, 6.45) is 2.58. The van der Waals surface area contributed by atoms with Crippen LogP contribution in [-0.2, 0) is 20.8 Å². The van der Waals surface area contributed by atoms with Crippen LogP contribution in [0, 0.1) is 6.92 Å². The van der Waals surface area contributed by atoms with Crippen molar-refractivity contribution < 1.29 is 21.8 Å². The van der Waals surface area contributed by atoms with Crippen molar-refractivity contribution in [1.82, 2.24) is 20.3 Å². The van der Waals surface area contributed by atoms with Crippen molar-refractivity contribution in [1.29, 1.82) is 0 Å². The zero-order valence-corrected chi connectivity index (χ0v) is 26.3. The minimum Gasteiger partial charge on any atom is -0.455 e. The van der Waals surface area contributed by atoms with Crippen molar-refractivity contribution in [2.45, 2.75) is 12.1 Å². The molecule has 6 aromatic rings. The van der Waals surface area contributed by atoms with Crippen LogP contribution in [0.3, 0.4) is 0 Å². The van der Waals surface area contributed by atoms with Crippen molar-refractivity contribution in [2.75, 3.05) is 30.9 Å². The number of hydrogen-bond donors (Lipinski definition) is 2. The van der Waals surface area contributed by atoms with Crippen LogP contribution in [0.1, 0.15) is 15.9 Å². The fraction of sp³-hybridized carbons (Fsp3) is 0.156. The average Bonchev–Trinajstić information content (AvgIpc) is 3.61. The number of H-pyrrole nitrogens is 1. The number of sulfonamides is 1. The van der Waals surface area contributed by atoms with E-state index in [1.54, 1.807) is 18.2 Å². The van der Waals surface area contributed by atoms with Crippen molar-refractivity contribution in [3.8, 4) is 34.0 Å². The van der Waals surface area contributed by atoms with Crippen LogP contribution in [0.25, 0.3) is 55.8 Å². The average molecular weight is 628 g/mol. The molecule has 3 heterocycles. The Labute approximate surface area is 256 Å². The first-order valence-corrected chi connectivity index (χ1v) is 17.0. The van der Waals surface area contributed by atoms with Crippen molar-refractivity contribution in [3.05, 3.63) is 83.9 Å². The highest BCUT2D eigenvalue weighted by Gasteiger charge is 2.27. The van der Waals surface area contributed by atoms with E-state index in [0.29, 0.717) is 50.5 Å². The topological polar surface area (TPSA) is 138 Å². The summed E-state index contributed by atoms with van der Waals surface area (Å²) < 4.78 is 45.8. The molecule has 0 aliphatic carbocycles.